The summed E-state index contributed by atoms with van der Waals surface area (Å²) in [6.45, 7) is 5.82. The molecule has 2 rings (SSSR count). The van der Waals surface area contributed by atoms with E-state index in [-0.39, 0.29) is 18.9 Å². The van der Waals surface area contributed by atoms with E-state index in [4.69, 9.17) is 14.6 Å². The van der Waals surface area contributed by atoms with E-state index in [0.29, 0.717) is 31.3 Å². The molecule has 1 aromatic rings. The molecule has 0 bridgehead atoms. The smallest absolute Gasteiger partial charge is 0.308 e. The zero-order valence-electron chi connectivity index (χ0n) is 14.3. The van der Waals surface area contributed by atoms with Gasteiger partial charge in [0.2, 0.25) is 5.91 Å². The summed E-state index contributed by atoms with van der Waals surface area (Å²) in [5.74, 6) is -0.289. The molecule has 1 N–H and O–H groups in total. The fourth-order valence-corrected chi connectivity index (χ4v) is 2.68. The van der Waals surface area contributed by atoms with Gasteiger partial charge in [-0.25, -0.2) is 0 Å². The number of carboxylic acids is 1. The molecule has 1 fully saturated rings. The molecule has 132 valence electrons. The van der Waals surface area contributed by atoms with Crippen LogP contribution in [0.1, 0.15) is 38.7 Å². The number of carbonyl (C=O) groups excluding carboxylic acids is 1. The average molecular weight is 335 g/mol. The summed E-state index contributed by atoms with van der Waals surface area (Å²) in [6, 6.07) is 5.61. The molecule has 1 saturated heterocycles. The van der Waals surface area contributed by atoms with Crippen molar-refractivity contribution in [2.24, 2.45) is 5.92 Å². The Morgan fingerprint density at radius 2 is 2.08 bits per heavy atom. The maximum absolute atomic E-state index is 12.0. The van der Waals surface area contributed by atoms with Gasteiger partial charge in [-0.2, -0.15) is 0 Å². The maximum Gasteiger partial charge on any atom is 0.308 e. The molecule has 0 unspecified atom stereocenters. The Morgan fingerprint density at radius 3 is 2.71 bits per heavy atom. The van der Waals surface area contributed by atoms with E-state index in [1.54, 1.807) is 4.90 Å². The van der Waals surface area contributed by atoms with Gasteiger partial charge < -0.3 is 19.5 Å². The van der Waals surface area contributed by atoms with Crippen molar-refractivity contribution in [3.05, 3.63) is 23.8 Å². The van der Waals surface area contributed by atoms with Gasteiger partial charge in [0.1, 0.15) is 0 Å². The lowest BCUT2D eigenvalue weighted by molar-refractivity contribution is -0.141. The predicted octanol–water partition coefficient (Wildman–Crippen LogP) is 2.70. The summed E-state index contributed by atoms with van der Waals surface area (Å²) < 4.78 is 11.4. The van der Waals surface area contributed by atoms with Gasteiger partial charge >= 0.3 is 5.97 Å². The average Bonchev–Trinajstić information content (AvgIpc) is 2.91. The molecule has 1 aliphatic rings. The third-order valence-corrected chi connectivity index (χ3v) is 4.00. The molecule has 0 saturated carbocycles. The summed E-state index contributed by atoms with van der Waals surface area (Å²) in [5, 5.41) is 9.05. The Morgan fingerprint density at radius 1 is 1.29 bits per heavy atom. The number of nitrogens with zero attached hydrogens (tertiary/aromatic N) is 1. The lowest BCUT2D eigenvalue weighted by Crippen LogP contribution is -2.25. The Hall–Kier alpha value is -2.24. The molecule has 0 aliphatic carbocycles. The van der Waals surface area contributed by atoms with Crippen molar-refractivity contribution in [1.82, 2.24) is 4.90 Å². The van der Waals surface area contributed by atoms with Crippen molar-refractivity contribution in [1.29, 1.82) is 0 Å². The summed E-state index contributed by atoms with van der Waals surface area (Å²) in [7, 11) is 0. The highest BCUT2D eigenvalue weighted by Gasteiger charge is 2.34. The summed E-state index contributed by atoms with van der Waals surface area (Å²) in [5.41, 5.74) is 0.903. The zero-order valence-corrected chi connectivity index (χ0v) is 14.3. The van der Waals surface area contributed by atoms with Crippen LogP contribution in [0.25, 0.3) is 0 Å². The van der Waals surface area contributed by atoms with Crippen molar-refractivity contribution in [2.45, 2.75) is 39.7 Å². The first-order valence-corrected chi connectivity index (χ1v) is 8.44. The number of unbranched alkanes of at least 4 members (excludes halogenated alkanes) is 1. The SMILES string of the molecule is CCCCOc1ccc(CN2C[C@H](C(=O)O)CC2=O)cc1OCC. The minimum Gasteiger partial charge on any atom is -0.490 e. The molecular formula is C18H25NO5. The number of hydrogen-bond acceptors (Lipinski definition) is 4. The van der Waals surface area contributed by atoms with Crippen molar-refractivity contribution in [2.75, 3.05) is 19.8 Å². The van der Waals surface area contributed by atoms with Gasteiger partial charge in [0, 0.05) is 19.5 Å². The number of benzene rings is 1. The number of hydrogen-bond donors (Lipinski definition) is 1. The predicted molar refractivity (Wildman–Crippen MR) is 89.2 cm³/mol. The van der Waals surface area contributed by atoms with Crippen LogP contribution in [-0.2, 0) is 16.1 Å². The quantitative estimate of drug-likeness (QED) is 0.702. The van der Waals surface area contributed by atoms with Crippen LogP contribution in [0.2, 0.25) is 0 Å². The van der Waals surface area contributed by atoms with Crippen LogP contribution in [0.4, 0.5) is 0 Å². The minimum absolute atomic E-state index is 0.0753. The molecule has 1 atom stereocenters. The Bertz CT molecular complexity index is 587. The molecule has 1 heterocycles. The minimum atomic E-state index is -0.916. The van der Waals surface area contributed by atoms with Crippen LogP contribution in [0, 0.1) is 5.92 Å². The van der Waals surface area contributed by atoms with Gasteiger partial charge in [0.25, 0.3) is 0 Å². The Kier molecular flexibility index (Phi) is 6.46. The molecule has 0 spiro atoms. The molecule has 6 nitrogen and oxygen atoms in total. The molecule has 0 radical (unpaired) electrons. The second-order valence-corrected chi connectivity index (χ2v) is 5.93. The van der Waals surface area contributed by atoms with E-state index in [1.165, 1.54) is 0 Å². The number of carboxylic acid groups (broad SMARTS) is 1. The third-order valence-electron chi connectivity index (χ3n) is 4.00. The lowest BCUT2D eigenvalue weighted by atomic mass is 10.1. The van der Waals surface area contributed by atoms with Crippen LogP contribution in [0.5, 0.6) is 11.5 Å². The monoisotopic (exact) mass is 335 g/mol. The van der Waals surface area contributed by atoms with E-state index >= 15 is 0 Å². The summed E-state index contributed by atoms with van der Waals surface area (Å²) in [4.78, 5) is 24.6. The lowest BCUT2D eigenvalue weighted by Gasteiger charge is -2.18. The van der Waals surface area contributed by atoms with Gasteiger partial charge in [-0.05, 0) is 31.0 Å². The van der Waals surface area contributed by atoms with Crippen molar-refractivity contribution >= 4 is 11.9 Å². The summed E-state index contributed by atoms with van der Waals surface area (Å²) >= 11 is 0. The number of carbonyl (C=O) groups is 2. The van der Waals surface area contributed by atoms with Gasteiger partial charge in [-0.1, -0.05) is 19.4 Å². The molecule has 1 amide bonds. The topological polar surface area (TPSA) is 76.1 Å². The van der Waals surface area contributed by atoms with E-state index in [1.807, 2.05) is 25.1 Å². The molecule has 0 aromatic heterocycles. The van der Waals surface area contributed by atoms with Crippen molar-refractivity contribution < 1.29 is 24.2 Å². The second-order valence-electron chi connectivity index (χ2n) is 5.93. The molecule has 1 aromatic carbocycles. The Labute approximate surface area is 142 Å². The normalized spacial score (nSPS) is 17.2. The fraction of sp³-hybridized carbons (Fsp3) is 0.556. The number of aliphatic carboxylic acids is 1. The van der Waals surface area contributed by atoms with E-state index in [9.17, 15) is 9.59 Å². The molecule has 1 aliphatic heterocycles. The zero-order chi connectivity index (χ0) is 17.5. The van der Waals surface area contributed by atoms with Crippen LogP contribution in [-0.4, -0.2) is 41.6 Å². The van der Waals surface area contributed by atoms with Crippen molar-refractivity contribution in [3.8, 4) is 11.5 Å². The third kappa shape index (κ3) is 4.63. The van der Waals surface area contributed by atoms with Crippen LogP contribution < -0.4 is 9.47 Å². The largest absolute Gasteiger partial charge is 0.490 e. The first-order chi connectivity index (χ1) is 11.5. The van der Waals surface area contributed by atoms with Crippen LogP contribution in [0.3, 0.4) is 0 Å². The Balaban J connectivity index is 2.06. The van der Waals surface area contributed by atoms with E-state index in [2.05, 4.69) is 6.92 Å². The first-order valence-electron chi connectivity index (χ1n) is 8.44. The highest BCUT2D eigenvalue weighted by atomic mass is 16.5. The van der Waals surface area contributed by atoms with Gasteiger partial charge in [0.15, 0.2) is 11.5 Å². The number of ether oxygens (including phenoxy) is 2. The molecular weight excluding hydrogens is 310 g/mol. The molecule has 6 heteroatoms. The number of likely N-dealkylation sites (tertiary alicyclic amines) is 1. The van der Waals surface area contributed by atoms with Gasteiger partial charge in [-0.15, -0.1) is 0 Å². The fourth-order valence-electron chi connectivity index (χ4n) is 2.68. The second kappa shape index (κ2) is 8.57. The highest BCUT2D eigenvalue weighted by molar-refractivity contribution is 5.86. The van der Waals surface area contributed by atoms with Gasteiger partial charge in [-0.3, -0.25) is 9.59 Å². The van der Waals surface area contributed by atoms with Crippen molar-refractivity contribution in [3.63, 3.8) is 0 Å². The maximum atomic E-state index is 12.0. The van der Waals surface area contributed by atoms with Crippen LogP contribution >= 0.6 is 0 Å². The van der Waals surface area contributed by atoms with E-state index < -0.39 is 11.9 Å². The number of amides is 1. The highest BCUT2D eigenvalue weighted by Crippen LogP contribution is 2.30. The summed E-state index contributed by atoms with van der Waals surface area (Å²) in [6.07, 6.45) is 2.11. The standard InChI is InChI=1S/C18H25NO5/c1-3-5-8-24-15-7-6-13(9-16(15)23-4-2)11-19-12-14(18(21)22)10-17(19)20/h6-7,9,14H,3-5,8,10-12H2,1-2H3,(H,21,22)/t14-/m1/s1. The van der Waals surface area contributed by atoms with E-state index in [0.717, 1.165) is 18.4 Å². The molecule has 24 heavy (non-hydrogen) atoms. The number of rotatable bonds is 9. The first kappa shape index (κ1) is 18.1. The van der Waals surface area contributed by atoms with Gasteiger partial charge in [0.05, 0.1) is 19.1 Å². The van der Waals surface area contributed by atoms with Crippen LogP contribution in [0.15, 0.2) is 18.2 Å².